The molecule has 1 N–H and O–H groups in total. The van der Waals surface area contributed by atoms with Crippen molar-refractivity contribution in [2.24, 2.45) is 0 Å². The van der Waals surface area contributed by atoms with Crippen molar-refractivity contribution in [3.63, 3.8) is 0 Å². The lowest BCUT2D eigenvalue weighted by Crippen LogP contribution is -2.36. The van der Waals surface area contributed by atoms with Crippen LogP contribution in [0.2, 0.25) is 0 Å². The van der Waals surface area contributed by atoms with E-state index in [4.69, 9.17) is 0 Å². The van der Waals surface area contributed by atoms with E-state index < -0.39 is 0 Å². The first-order valence-electron chi connectivity index (χ1n) is 7.51. The third-order valence-corrected chi connectivity index (χ3v) is 4.01. The molecule has 0 fully saturated rings. The molecular weight excluding hydrogens is 260 g/mol. The van der Waals surface area contributed by atoms with Crippen LogP contribution in [0.15, 0.2) is 24.4 Å². The summed E-state index contributed by atoms with van der Waals surface area (Å²) in [5.41, 5.74) is 4.36. The average molecular weight is 286 g/mol. The Morgan fingerprint density at radius 1 is 1.38 bits per heavy atom. The summed E-state index contributed by atoms with van der Waals surface area (Å²) in [5, 5.41) is 3.59. The van der Waals surface area contributed by atoms with Gasteiger partial charge >= 0.3 is 0 Å². The molecule has 1 atom stereocenters. The van der Waals surface area contributed by atoms with Gasteiger partial charge in [0.15, 0.2) is 5.78 Å². The van der Waals surface area contributed by atoms with Crippen LogP contribution in [0.1, 0.15) is 54.6 Å². The lowest BCUT2D eigenvalue weighted by Gasteiger charge is -2.38. The van der Waals surface area contributed by atoms with E-state index in [9.17, 15) is 4.79 Å². The van der Waals surface area contributed by atoms with E-state index in [0.717, 1.165) is 17.5 Å². The molecule has 0 amide bonds. The van der Waals surface area contributed by atoms with E-state index in [1.807, 2.05) is 25.9 Å². The zero-order valence-electron chi connectivity index (χ0n) is 13.9. The Bertz CT molecular complexity index is 585. The maximum Gasteiger partial charge on any atom is 0.187 e. The number of anilines is 1. The molecule has 0 unspecified atom stereocenters. The van der Waals surface area contributed by atoms with Crippen LogP contribution in [0.3, 0.4) is 0 Å². The van der Waals surface area contributed by atoms with E-state index in [0.29, 0.717) is 5.92 Å². The molecule has 0 spiro atoms. The summed E-state index contributed by atoms with van der Waals surface area (Å²) < 4.78 is 0. The van der Waals surface area contributed by atoms with Crippen LogP contribution < -0.4 is 5.32 Å². The van der Waals surface area contributed by atoms with Crippen molar-refractivity contribution < 1.29 is 4.79 Å². The molecule has 0 radical (unpaired) electrons. The smallest absolute Gasteiger partial charge is 0.187 e. The number of hydrogen-bond acceptors (Lipinski definition) is 3. The summed E-state index contributed by atoms with van der Waals surface area (Å²) in [5.74, 6) is 0.530. The number of allylic oxidation sites excluding steroid dienone is 1. The van der Waals surface area contributed by atoms with Crippen molar-refractivity contribution in [3.05, 3.63) is 41.1 Å². The number of carbonyl (C=O) groups excluding carboxylic acids is 1. The molecule has 3 heteroatoms. The summed E-state index contributed by atoms with van der Waals surface area (Å²) in [6.07, 6.45) is 4.51. The predicted molar refractivity (Wildman–Crippen MR) is 89.1 cm³/mol. The lowest BCUT2D eigenvalue weighted by molar-refractivity contribution is 0.104. The molecule has 0 bridgehead atoms. The van der Waals surface area contributed by atoms with E-state index in [2.05, 4.69) is 38.2 Å². The maximum absolute atomic E-state index is 12.4. The Balaban J connectivity index is 2.40. The molecule has 1 heterocycles. The molecule has 3 nitrogen and oxygen atoms in total. The number of rotatable bonds is 3. The minimum atomic E-state index is 0.0704. The second-order valence-electron chi connectivity index (χ2n) is 7.01. The number of benzene rings is 1. The van der Waals surface area contributed by atoms with Gasteiger partial charge in [0.25, 0.3) is 0 Å². The summed E-state index contributed by atoms with van der Waals surface area (Å²) in [7, 11) is 3.83. The highest BCUT2D eigenvalue weighted by Crippen LogP contribution is 2.39. The van der Waals surface area contributed by atoms with E-state index in [1.54, 1.807) is 12.3 Å². The summed E-state index contributed by atoms with van der Waals surface area (Å²) >= 11 is 0. The van der Waals surface area contributed by atoms with Gasteiger partial charge in [-0.2, -0.15) is 0 Å². The zero-order valence-corrected chi connectivity index (χ0v) is 13.9. The fourth-order valence-electron chi connectivity index (χ4n) is 3.10. The second kappa shape index (κ2) is 5.55. The third kappa shape index (κ3) is 3.46. The van der Waals surface area contributed by atoms with Crippen molar-refractivity contribution >= 4 is 11.5 Å². The van der Waals surface area contributed by atoms with Crippen molar-refractivity contribution in [3.8, 4) is 0 Å². The maximum atomic E-state index is 12.4. The Morgan fingerprint density at radius 3 is 2.67 bits per heavy atom. The van der Waals surface area contributed by atoms with Crippen molar-refractivity contribution in [2.75, 3.05) is 19.4 Å². The van der Waals surface area contributed by atoms with Gasteiger partial charge in [-0.1, -0.05) is 6.92 Å². The molecule has 1 aliphatic heterocycles. The van der Waals surface area contributed by atoms with Crippen LogP contribution in [-0.2, 0) is 0 Å². The molecule has 0 aromatic heterocycles. The third-order valence-electron chi connectivity index (χ3n) is 4.01. The molecule has 1 aliphatic rings. The molecule has 2 rings (SSSR count). The fourth-order valence-corrected chi connectivity index (χ4v) is 3.10. The summed E-state index contributed by atoms with van der Waals surface area (Å²) in [6.45, 7) is 8.69. The van der Waals surface area contributed by atoms with Gasteiger partial charge in [-0.05, 0) is 56.4 Å². The normalized spacial score (nSPS) is 20.0. The van der Waals surface area contributed by atoms with Crippen molar-refractivity contribution in [2.45, 2.75) is 45.6 Å². The summed E-state index contributed by atoms with van der Waals surface area (Å²) in [6, 6.07) is 4.18. The molecule has 0 saturated carbocycles. The van der Waals surface area contributed by atoms with Crippen LogP contribution >= 0.6 is 0 Å². The molecule has 0 aliphatic carbocycles. The molecular formula is C18H26N2O. The number of carbonyl (C=O) groups is 1. The lowest BCUT2D eigenvalue weighted by atomic mass is 9.80. The van der Waals surface area contributed by atoms with Crippen LogP contribution in [0.4, 0.5) is 5.69 Å². The predicted octanol–water partition coefficient (Wildman–Crippen LogP) is 3.95. The highest BCUT2D eigenvalue weighted by atomic mass is 16.1. The Morgan fingerprint density at radius 2 is 2.05 bits per heavy atom. The molecule has 0 saturated heterocycles. The molecule has 21 heavy (non-hydrogen) atoms. The topological polar surface area (TPSA) is 32.3 Å². The van der Waals surface area contributed by atoms with Gasteiger partial charge in [0.1, 0.15) is 0 Å². The molecule has 1 aromatic carbocycles. The number of ketones is 1. The first-order valence-corrected chi connectivity index (χ1v) is 7.51. The Hall–Kier alpha value is -1.77. The molecule has 114 valence electrons. The fraction of sp³-hybridized carbons (Fsp3) is 0.500. The quantitative estimate of drug-likeness (QED) is 0.674. The van der Waals surface area contributed by atoms with Crippen molar-refractivity contribution in [1.29, 1.82) is 0 Å². The number of nitrogens with one attached hydrogen (secondary N) is 1. The Kier molecular flexibility index (Phi) is 4.13. The van der Waals surface area contributed by atoms with Crippen LogP contribution in [0.5, 0.6) is 0 Å². The van der Waals surface area contributed by atoms with Gasteiger partial charge in [0.05, 0.1) is 0 Å². The minimum absolute atomic E-state index is 0.0704. The monoisotopic (exact) mass is 286 g/mol. The number of nitrogens with zero attached hydrogens (tertiary/aromatic N) is 1. The van der Waals surface area contributed by atoms with Gasteiger partial charge in [0.2, 0.25) is 0 Å². The number of fused-ring (bicyclic) bond motifs is 1. The van der Waals surface area contributed by atoms with E-state index in [1.165, 1.54) is 11.3 Å². The molecule has 1 aromatic rings. The average Bonchev–Trinajstić information content (AvgIpc) is 2.33. The highest BCUT2D eigenvalue weighted by molar-refractivity contribution is 6.06. The highest BCUT2D eigenvalue weighted by Gasteiger charge is 2.30. The number of aryl methyl sites for hydroxylation is 1. The van der Waals surface area contributed by atoms with Crippen LogP contribution in [0, 0.1) is 6.92 Å². The zero-order chi connectivity index (χ0) is 15.8. The van der Waals surface area contributed by atoms with Gasteiger partial charge in [-0.15, -0.1) is 0 Å². The standard InChI is InChI=1S/C18H26N2O/c1-12-9-16-14(13(2)11-18(3,4)19-16)10-15(12)17(21)7-8-20(5)6/h7-10,13,19H,11H2,1-6H3/b8-7+/t13-/m0/s1. The minimum Gasteiger partial charge on any atom is -0.383 e. The Labute approximate surface area is 128 Å². The largest absolute Gasteiger partial charge is 0.383 e. The van der Waals surface area contributed by atoms with Crippen molar-refractivity contribution in [1.82, 2.24) is 4.90 Å². The SMILES string of the molecule is Cc1cc2c(cc1C(=O)/C=C/N(C)C)[C@@H](C)CC(C)(C)N2. The first-order chi connectivity index (χ1) is 9.69. The van der Waals surface area contributed by atoms with Gasteiger partial charge in [-0.25, -0.2) is 0 Å². The van der Waals surface area contributed by atoms with Crippen LogP contribution in [-0.4, -0.2) is 30.3 Å². The first kappa shape index (κ1) is 15.6. The number of hydrogen-bond donors (Lipinski definition) is 1. The van der Waals surface area contributed by atoms with Crippen LogP contribution in [0.25, 0.3) is 0 Å². The summed E-state index contributed by atoms with van der Waals surface area (Å²) in [4.78, 5) is 14.2. The van der Waals surface area contributed by atoms with Gasteiger partial charge < -0.3 is 10.2 Å². The van der Waals surface area contributed by atoms with Gasteiger partial charge in [-0.3, -0.25) is 4.79 Å². The van der Waals surface area contributed by atoms with Gasteiger partial charge in [0, 0.05) is 43.2 Å². The van der Waals surface area contributed by atoms with E-state index >= 15 is 0 Å². The van der Waals surface area contributed by atoms with E-state index in [-0.39, 0.29) is 11.3 Å². The second-order valence-corrected chi connectivity index (χ2v) is 7.01.